The molecule has 0 aliphatic rings. The molecular formula is C21H52O6Si4. The lowest BCUT2D eigenvalue weighted by molar-refractivity contribution is -0.146. The van der Waals surface area contributed by atoms with E-state index in [1.165, 1.54) is 0 Å². The predicted molar refractivity (Wildman–Crippen MR) is 141 cm³/mol. The highest BCUT2D eigenvalue weighted by atomic mass is 28.4. The van der Waals surface area contributed by atoms with Gasteiger partial charge in [-0.05, 0) is 90.4 Å². The van der Waals surface area contributed by atoms with Gasteiger partial charge in [-0.15, -0.1) is 0 Å². The van der Waals surface area contributed by atoms with Crippen molar-refractivity contribution in [3.8, 4) is 0 Å². The lowest BCUT2D eigenvalue weighted by atomic mass is 10.1. The van der Waals surface area contributed by atoms with E-state index in [4.69, 9.17) is 17.7 Å². The molecule has 0 amide bonds. The molecule has 0 saturated carbocycles. The normalized spacial score (nSPS) is 14.3. The van der Waals surface area contributed by atoms with E-state index in [9.17, 15) is 10.2 Å². The van der Waals surface area contributed by atoms with Crippen molar-refractivity contribution in [3.63, 3.8) is 0 Å². The largest absolute Gasteiger partial charge is 0.456 e. The average Bonchev–Trinajstić information content (AvgIpc) is 2.55. The second kappa shape index (κ2) is 13.5. The van der Waals surface area contributed by atoms with E-state index >= 15 is 0 Å². The molecule has 0 unspecified atom stereocenters. The second-order valence-corrected chi connectivity index (χ2v) is 30.0. The zero-order valence-corrected chi connectivity index (χ0v) is 26.1. The molecule has 0 bridgehead atoms. The third kappa shape index (κ3) is 16.8. The highest BCUT2D eigenvalue weighted by Crippen LogP contribution is 2.22. The van der Waals surface area contributed by atoms with Gasteiger partial charge in [-0.2, -0.15) is 0 Å². The van der Waals surface area contributed by atoms with Gasteiger partial charge in [0.25, 0.3) is 0 Å². The van der Waals surface area contributed by atoms with Gasteiger partial charge in [0.2, 0.25) is 0 Å². The molecule has 0 aromatic rings. The molecule has 188 valence electrons. The molecule has 0 aliphatic heterocycles. The Kier molecular flexibility index (Phi) is 13.8. The first-order valence-electron chi connectivity index (χ1n) is 11.8. The summed E-state index contributed by atoms with van der Waals surface area (Å²) in [6.07, 6.45) is 2.85. The number of ether oxygens (including phenoxy) is 2. The molecule has 0 fully saturated rings. The third-order valence-electron chi connectivity index (χ3n) is 4.76. The van der Waals surface area contributed by atoms with E-state index in [2.05, 4.69) is 65.5 Å². The molecule has 0 rings (SSSR count). The van der Waals surface area contributed by atoms with Crippen molar-refractivity contribution in [3.05, 3.63) is 0 Å². The molecular weight excluding hydrogens is 461 g/mol. The molecule has 0 atom stereocenters. The van der Waals surface area contributed by atoms with Gasteiger partial charge in [0.15, 0.2) is 33.3 Å². The summed E-state index contributed by atoms with van der Waals surface area (Å²) in [4.78, 5) is 0. The van der Waals surface area contributed by atoms with Crippen LogP contribution in [0.4, 0.5) is 0 Å². The first-order chi connectivity index (χ1) is 13.9. The SMILES string of the molecule is C[Si](C)(C)O[Si](C)(C)CCCCOC(CO)(CO)COCCC[Si](C)(C)O[Si](C)(C)C. The van der Waals surface area contributed by atoms with E-state index in [0.717, 1.165) is 31.4 Å². The van der Waals surface area contributed by atoms with E-state index in [1.807, 2.05) is 0 Å². The Bertz CT molecular complexity index is 445. The second-order valence-electron chi connectivity index (χ2n) is 11.9. The van der Waals surface area contributed by atoms with Crippen LogP contribution in [0.15, 0.2) is 0 Å². The van der Waals surface area contributed by atoms with Crippen LogP contribution in [0.5, 0.6) is 0 Å². The number of rotatable bonds is 18. The summed E-state index contributed by atoms with van der Waals surface area (Å²) in [6.45, 7) is 23.3. The first-order valence-corrected chi connectivity index (χ1v) is 24.8. The van der Waals surface area contributed by atoms with Crippen LogP contribution in [-0.2, 0) is 17.7 Å². The van der Waals surface area contributed by atoms with Crippen LogP contribution in [0.2, 0.25) is 77.6 Å². The Balaban J connectivity index is 4.28. The van der Waals surface area contributed by atoms with Gasteiger partial charge in [0.1, 0.15) is 5.60 Å². The lowest BCUT2D eigenvalue weighted by Crippen LogP contribution is -2.46. The maximum Gasteiger partial charge on any atom is 0.173 e. The first kappa shape index (κ1) is 31.6. The summed E-state index contributed by atoms with van der Waals surface area (Å²) in [5.74, 6) is 0. The van der Waals surface area contributed by atoms with Crippen LogP contribution >= 0.6 is 0 Å². The fourth-order valence-electron chi connectivity index (χ4n) is 3.83. The minimum Gasteiger partial charge on any atom is -0.456 e. The minimum absolute atomic E-state index is 0.204. The Morgan fingerprint density at radius 2 is 1.06 bits per heavy atom. The summed E-state index contributed by atoms with van der Waals surface area (Å²) in [7, 11) is -6.32. The van der Waals surface area contributed by atoms with Crippen molar-refractivity contribution < 1.29 is 27.9 Å². The highest BCUT2D eigenvalue weighted by Gasteiger charge is 2.32. The van der Waals surface area contributed by atoms with Crippen LogP contribution in [-0.4, -0.2) is 82.1 Å². The van der Waals surface area contributed by atoms with Crippen LogP contribution < -0.4 is 0 Å². The molecule has 31 heavy (non-hydrogen) atoms. The zero-order chi connectivity index (χ0) is 24.4. The summed E-state index contributed by atoms with van der Waals surface area (Å²) in [6, 6.07) is 2.14. The van der Waals surface area contributed by atoms with Crippen LogP contribution in [0.3, 0.4) is 0 Å². The quantitative estimate of drug-likeness (QED) is 0.198. The standard InChI is InChI=1S/C21H52O6Si4/c1-28(2,3)26-30(7,8)16-12-11-15-25-21(18-22,19-23)20-24-14-13-17-31(9,10)27-29(4,5)6/h22-23H,11-20H2,1-10H3. The Hall–Kier alpha value is 0.628. The number of unbranched alkanes of at least 4 members (excludes halogenated alkanes) is 1. The van der Waals surface area contributed by atoms with Crippen molar-refractivity contribution in [1.29, 1.82) is 0 Å². The molecule has 0 aromatic heterocycles. The summed E-state index contributed by atoms with van der Waals surface area (Å²) in [5, 5.41) is 19.6. The zero-order valence-electron chi connectivity index (χ0n) is 22.1. The summed E-state index contributed by atoms with van der Waals surface area (Å²) in [5.41, 5.74) is -1.02. The smallest absolute Gasteiger partial charge is 0.173 e. The Morgan fingerprint density at radius 3 is 1.48 bits per heavy atom. The highest BCUT2D eigenvalue weighted by molar-refractivity contribution is 6.84. The Labute approximate surface area is 196 Å². The van der Waals surface area contributed by atoms with E-state index in [1.54, 1.807) is 0 Å². The average molecular weight is 513 g/mol. The lowest BCUT2D eigenvalue weighted by Gasteiger charge is -2.32. The van der Waals surface area contributed by atoms with Crippen LogP contribution in [0.1, 0.15) is 19.3 Å². The van der Waals surface area contributed by atoms with Gasteiger partial charge < -0.3 is 27.9 Å². The minimum atomic E-state index is -1.66. The van der Waals surface area contributed by atoms with Gasteiger partial charge in [-0.1, -0.05) is 6.42 Å². The molecule has 0 aromatic carbocycles. The van der Waals surface area contributed by atoms with Crippen molar-refractivity contribution in [1.82, 2.24) is 0 Å². The molecule has 0 heterocycles. The molecule has 10 heteroatoms. The number of aliphatic hydroxyl groups excluding tert-OH is 2. The fourth-order valence-corrected chi connectivity index (χ4v) is 20.0. The van der Waals surface area contributed by atoms with E-state index in [0.29, 0.717) is 13.2 Å². The van der Waals surface area contributed by atoms with Crippen molar-refractivity contribution in [2.45, 2.75) is 102 Å². The van der Waals surface area contributed by atoms with Gasteiger partial charge >= 0.3 is 0 Å². The van der Waals surface area contributed by atoms with Crippen LogP contribution in [0, 0.1) is 0 Å². The molecule has 0 saturated heterocycles. The van der Waals surface area contributed by atoms with Gasteiger partial charge in [0.05, 0.1) is 19.8 Å². The maximum atomic E-state index is 9.82. The van der Waals surface area contributed by atoms with Crippen LogP contribution in [0.25, 0.3) is 0 Å². The van der Waals surface area contributed by atoms with Gasteiger partial charge in [0, 0.05) is 13.2 Å². The fraction of sp³-hybridized carbons (Fsp3) is 1.00. The summed E-state index contributed by atoms with van der Waals surface area (Å²) < 4.78 is 24.4. The van der Waals surface area contributed by atoms with Crippen molar-refractivity contribution in [2.24, 2.45) is 0 Å². The summed E-state index contributed by atoms with van der Waals surface area (Å²) >= 11 is 0. The van der Waals surface area contributed by atoms with Crippen molar-refractivity contribution >= 4 is 33.3 Å². The molecule has 2 N–H and O–H groups in total. The van der Waals surface area contributed by atoms with Gasteiger partial charge in [-0.25, -0.2) is 0 Å². The molecule has 0 spiro atoms. The third-order valence-corrected chi connectivity index (χ3v) is 17.2. The molecule has 0 aliphatic carbocycles. The van der Waals surface area contributed by atoms with E-state index < -0.39 is 38.9 Å². The number of aliphatic hydroxyl groups is 2. The maximum absolute atomic E-state index is 9.82. The molecule has 6 nitrogen and oxygen atoms in total. The van der Waals surface area contributed by atoms with E-state index in [-0.39, 0.29) is 19.8 Å². The van der Waals surface area contributed by atoms with Crippen molar-refractivity contribution in [2.75, 3.05) is 33.0 Å². The van der Waals surface area contributed by atoms with Gasteiger partial charge in [-0.3, -0.25) is 0 Å². The monoisotopic (exact) mass is 512 g/mol. The molecule has 0 radical (unpaired) electrons. The Morgan fingerprint density at radius 1 is 0.613 bits per heavy atom. The number of hydrogen-bond donors (Lipinski definition) is 2. The predicted octanol–water partition coefficient (Wildman–Crippen LogP) is 5.03. The number of hydrogen-bond acceptors (Lipinski definition) is 6. The topological polar surface area (TPSA) is 77.4 Å².